The van der Waals surface area contributed by atoms with Crippen molar-refractivity contribution in [2.45, 2.75) is 46.0 Å². The van der Waals surface area contributed by atoms with Crippen LogP contribution in [0, 0.1) is 24.2 Å². The van der Waals surface area contributed by atoms with Gasteiger partial charge in [-0.3, -0.25) is 4.79 Å². The van der Waals surface area contributed by atoms with E-state index in [4.69, 9.17) is 10.00 Å². The Morgan fingerprint density at radius 2 is 2.30 bits per heavy atom. The van der Waals surface area contributed by atoms with Gasteiger partial charge in [0, 0.05) is 19.5 Å². The molecule has 1 aliphatic heterocycles. The van der Waals surface area contributed by atoms with Crippen molar-refractivity contribution in [2.75, 3.05) is 19.7 Å². The third-order valence-corrected chi connectivity index (χ3v) is 4.35. The molecule has 4 heteroatoms. The predicted molar refractivity (Wildman–Crippen MR) is 90.2 cm³/mol. The maximum atomic E-state index is 12.3. The fraction of sp³-hybridized carbons (Fsp3) is 0.579. The number of hydrogen-bond donors (Lipinski definition) is 0. The van der Waals surface area contributed by atoms with E-state index in [1.807, 2.05) is 17.9 Å². The van der Waals surface area contributed by atoms with Crippen LogP contribution in [0.5, 0.6) is 5.75 Å². The van der Waals surface area contributed by atoms with Crippen LogP contribution >= 0.6 is 0 Å². The third-order valence-electron chi connectivity index (χ3n) is 4.35. The maximum absolute atomic E-state index is 12.3. The zero-order valence-electron chi connectivity index (χ0n) is 14.2. The number of ether oxygens (including phenoxy) is 1. The normalized spacial score (nSPS) is 17.6. The van der Waals surface area contributed by atoms with Crippen molar-refractivity contribution >= 4 is 5.91 Å². The first-order valence-corrected chi connectivity index (χ1v) is 8.53. The van der Waals surface area contributed by atoms with Crippen LogP contribution < -0.4 is 4.74 Å². The van der Waals surface area contributed by atoms with E-state index < -0.39 is 0 Å². The smallest absolute Gasteiger partial charge is 0.222 e. The first-order chi connectivity index (χ1) is 11.1. The van der Waals surface area contributed by atoms with E-state index in [0.29, 0.717) is 19.6 Å². The topological polar surface area (TPSA) is 53.3 Å². The second kappa shape index (κ2) is 8.57. The number of hydrogen-bond acceptors (Lipinski definition) is 3. The summed E-state index contributed by atoms with van der Waals surface area (Å²) in [5.41, 5.74) is 2.39. The van der Waals surface area contributed by atoms with Gasteiger partial charge in [-0.05, 0) is 56.7 Å². The second-order valence-corrected chi connectivity index (χ2v) is 6.19. The van der Waals surface area contributed by atoms with Gasteiger partial charge < -0.3 is 9.64 Å². The van der Waals surface area contributed by atoms with E-state index in [0.717, 1.165) is 43.5 Å². The number of aryl methyl sites for hydroxylation is 2. The Kier molecular flexibility index (Phi) is 6.46. The van der Waals surface area contributed by atoms with Gasteiger partial charge >= 0.3 is 0 Å². The lowest BCUT2D eigenvalue weighted by molar-refractivity contribution is -0.132. The van der Waals surface area contributed by atoms with Crippen LogP contribution in [0.1, 0.15) is 43.7 Å². The second-order valence-electron chi connectivity index (χ2n) is 6.19. The number of nitriles is 1. The largest absolute Gasteiger partial charge is 0.494 e. The molecule has 0 spiro atoms. The van der Waals surface area contributed by atoms with Gasteiger partial charge in [0.05, 0.1) is 18.6 Å². The molecule has 0 bridgehead atoms. The summed E-state index contributed by atoms with van der Waals surface area (Å²) < 4.78 is 5.55. The van der Waals surface area contributed by atoms with Crippen LogP contribution in [0.25, 0.3) is 0 Å². The molecule has 23 heavy (non-hydrogen) atoms. The van der Waals surface area contributed by atoms with Crippen molar-refractivity contribution in [3.8, 4) is 11.8 Å². The Morgan fingerprint density at radius 1 is 1.48 bits per heavy atom. The van der Waals surface area contributed by atoms with Crippen molar-refractivity contribution in [3.63, 3.8) is 0 Å². The van der Waals surface area contributed by atoms with Gasteiger partial charge in [0.15, 0.2) is 0 Å². The van der Waals surface area contributed by atoms with Gasteiger partial charge in [-0.15, -0.1) is 0 Å². The molecular formula is C19H26N2O2. The summed E-state index contributed by atoms with van der Waals surface area (Å²) in [6.45, 7) is 6.12. The van der Waals surface area contributed by atoms with E-state index in [9.17, 15) is 4.79 Å². The SMILES string of the molecule is CCOc1ccc(CCCC(=O)N2CCCC(C#N)C2)cc1C. The molecule has 0 N–H and O–H groups in total. The number of carbonyl (C=O) groups excluding carboxylic acids is 1. The van der Waals surface area contributed by atoms with Crippen LogP contribution in [-0.4, -0.2) is 30.5 Å². The van der Waals surface area contributed by atoms with Crippen LogP contribution in [-0.2, 0) is 11.2 Å². The minimum absolute atomic E-state index is 0.0152. The van der Waals surface area contributed by atoms with E-state index in [1.165, 1.54) is 5.56 Å². The zero-order valence-corrected chi connectivity index (χ0v) is 14.2. The van der Waals surface area contributed by atoms with Crippen LogP contribution in [0.4, 0.5) is 0 Å². The lowest BCUT2D eigenvalue weighted by atomic mass is 9.99. The molecule has 0 aliphatic carbocycles. The number of rotatable bonds is 6. The fourth-order valence-electron chi connectivity index (χ4n) is 3.10. The molecule has 0 radical (unpaired) electrons. The molecule has 1 aliphatic rings. The number of likely N-dealkylation sites (tertiary alicyclic amines) is 1. The van der Waals surface area contributed by atoms with E-state index in [2.05, 4.69) is 25.1 Å². The highest BCUT2D eigenvalue weighted by molar-refractivity contribution is 5.76. The molecule has 4 nitrogen and oxygen atoms in total. The predicted octanol–water partition coefficient (Wildman–Crippen LogP) is 3.48. The Bertz CT molecular complexity index is 577. The monoisotopic (exact) mass is 314 g/mol. The molecular weight excluding hydrogens is 288 g/mol. The fourth-order valence-corrected chi connectivity index (χ4v) is 3.10. The van der Waals surface area contributed by atoms with Gasteiger partial charge in [-0.1, -0.05) is 12.1 Å². The number of nitrogens with zero attached hydrogens (tertiary/aromatic N) is 2. The number of benzene rings is 1. The van der Waals surface area contributed by atoms with Gasteiger partial charge in [0.1, 0.15) is 5.75 Å². The van der Waals surface area contributed by atoms with E-state index in [-0.39, 0.29) is 11.8 Å². The molecule has 1 aromatic carbocycles. The lowest BCUT2D eigenvalue weighted by Gasteiger charge is -2.29. The molecule has 1 fully saturated rings. The summed E-state index contributed by atoms with van der Waals surface area (Å²) in [6, 6.07) is 8.52. The Hall–Kier alpha value is -2.02. The first kappa shape index (κ1) is 17.3. The quantitative estimate of drug-likeness (QED) is 0.808. The van der Waals surface area contributed by atoms with Gasteiger partial charge in [0.2, 0.25) is 5.91 Å². The molecule has 1 saturated heterocycles. The average Bonchev–Trinajstić information content (AvgIpc) is 2.57. The van der Waals surface area contributed by atoms with Crippen LogP contribution in [0.15, 0.2) is 18.2 Å². The summed E-state index contributed by atoms with van der Waals surface area (Å²) in [6.07, 6.45) is 4.17. The number of carbonyl (C=O) groups is 1. The lowest BCUT2D eigenvalue weighted by Crippen LogP contribution is -2.39. The minimum Gasteiger partial charge on any atom is -0.494 e. The highest BCUT2D eigenvalue weighted by Crippen LogP contribution is 2.21. The van der Waals surface area contributed by atoms with Gasteiger partial charge in [-0.2, -0.15) is 5.26 Å². The summed E-state index contributed by atoms with van der Waals surface area (Å²) in [5.74, 6) is 1.14. The van der Waals surface area contributed by atoms with Crippen molar-refractivity contribution < 1.29 is 9.53 Å². The average molecular weight is 314 g/mol. The summed E-state index contributed by atoms with van der Waals surface area (Å²) in [5, 5.41) is 9.00. The van der Waals surface area contributed by atoms with E-state index in [1.54, 1.807) is 0 Å². The molecule has 1 heterocycles. The standard InChI is InChI=1S/C19H26N2O2/c1-3-23-18-10-9-16(12-15(18)2)6-4-8-19(22)21-11-5-7-17(13-20)14-21/h9-10,12,17H,3-8,11,14H2,1-2H3. The zero-order chi connectivity index (χ0) is 16.7. The van der Waals surface area contributed by atoms with Crippen molar-refractivity contribution in [1.29, 1.82) is 5.26 Å². The van der Waals surface area contributed by atoms with Crippen LogP contribution in [0.3, 0.4) is 0 Å². The van der Waals surface area contributed by atoms with Gasteiger partial charge in [0.25, 0.3) is 0 Å². The summed E-state index contributed by atoms with van der Waals surface area (Å²) in [7, 11) is 0. The number of piperidine rings is 1. The summed E-state index contributed by atoms with van der Waals surface area (Å²) >= 11 is 0. The first-order valence-electron chi connectivity index (χ1n) is 8.53. The molecule has 0 aromatic heterocycles. The third kappa shape index (κ3) is 4.99. The molecule has 124 valence electrons. The van der Waals surface area contributed by atoms with Crippen molar-refractivity contribution in [2.24, 2.45) is 5.92 Å². The Morgan fingerprint density at radius 3 is 3.00 bits per heavy atom. The van der Waals surface area contributed by atoms with Crippen molar-refractivity contribution in [1.82, 2.24) is 4.90 Å². The maximum Gasteiger partial charge on any atom is 0.222 e. The molecule has 1 aromatic rings. The van der Waals surface area contributed by atoms with Crippen molar-refractivity contribution in [3.05, 3.63) is 29.3 Å². The molecule has 1 amide bonds. The van der Waals surface area contributed by atoms with E-state index >= 15 is 0 Å². The summed E-state index contributed by atoms with van der Waals surface area (Å²) in [4.78, 5) is 14.1. The molecule has 1 atom stereocenters. The number of amides is 1. The highest BCUT2D eigenvalue weighted by Gasteiger charge is 2.22. The highest BCUT2D eigenvalue weighted by atomic mass is 16.5. The Balaban J connectivity index is 1.79. The Labute approximate surface area is 139 Å². The van der Waals surface area contributed by atoms with Crippen LogP contribution in [0.2, 0.25) is 0 Å². The molecule has 1 unspecified atom stereocenters. The van der Waals surface area contributed by atoms with Gasteiger partial charge in [-0.25, -0.2) is 0 Å². The minimum atomic E-state index is 0.0152. The molecule has 2 rings (SSSR count). The molecule has 0 saturated carbocycles.